The molecule has 20 heavy (non-hydrogen) atoms. The van der Waals surface area contributed by atoms with Crippen molar-refractivity contribution in [1.82, 2.24) is 10.1 Å². The molecular formula is C15H25N3O2. The number of aryl methyl sites for hydroxylation is 1. The molecule has 0 aliphatic carbocycles. The van der Waals surface area contributed by atoms with E-state index < -0.39 is 0 Å². The van der Waals surface area contributed by atoms with Crippen LogP contribution in [0.2, 0.25) is 0 Å². The van der Waals surface area contributed by atoms with Crippen LogP contribution >= 0.6 is 0 Å². The third-order valence-electron chi connectivity index (χ3n) is 4.76. The largest absolute Gasteiger partial charge is 0.374 e. The lowest BCUT2D eigenvalue weighted by molar-refractivity contribution is 0.0996. The van der Waals surface area contributed by atoms with Gasteiger partial charge in [-0.15, -0.1) is 0 Å². The molecule has 3 unspecified atom stereocenters. The molecule has 2 aliphatic rings. The van der Waals surface area contributed by atoms with Gasteiger partial charge in [-0.2, -0.15) is 4.98 Å². The molecule has 0 amide bonds. The van der Waals surface area contributed by atoms with E-state index in [1.54, 1.807) is 0 Å². The molecule has 1 aromatic heterocycles. The van der Waals surface area contributed by atoms with Crippen molar-refractivity contribution in [3.8, 4) is 0 Å². The van der Waals surface area contributed by atoms with Gasteiger partial charge >= 0.3 is 0 Å². The van der Waals surface area contributed by atoms with Crippen LogP contribution in [0.4, 0.5) is 0 Å². The molecule has 5 heteroatoms. The Morgan fingerprint density at radius 2 is 2.15 bits per heavy atom. The SMILES string of the molecule is CC(C)(CCN)CCc1nc(C2CC3CCC2O3)no1. The first-order valence-electron chi connectivity index (χ1n) is 7.75. The van der Waals surface area contributed by atoms with E-state index in [1.807, 2.05) is 0 Å². The predicted octanol–water partition coefficient (Wildman–Crippen LogP) is 2.41. The van der Waals surface area contributed by atoms with Crippen LogP contribution in [-0.2, 0) is 11.2 Å². The lowest BCUT2D eigenvalue weighted by atomic mass is 9.84. The quantitative estimate of drug-likeness (QED) is 0.865. The van der Waals surface area contributed by atoms with Crippen molar-refractivity contribution in [2.45, 2.75) is 70.5 Å². The summed E-state index contributed by atoms with van der Waals surface area (Å²) in [5, 5.41) is 4.17. The molecule has 5 nitrogen and oxygen atoms in total. The Morgan fingerprint density at radius 3 is 2.80 bits per heavy atom. The second-order valence-corrected chi connectivity index (χ2v) is 6.97. The Labute approximate surface area is 120 Å². The number of rotatable bonds is 6. The standard InChI is InChI=1S/C15H25N3O2/c1-15(2,7-8-16)6-5-13-17-14(18-20-13)11-9-10-3-4-12(11)19-10/h10-12H,3-9,16H2,1-2H3. The van der Waals surface area contributed by atoms with Crippen molar-refractivity contribution in [2.75, 3.05) is 6.54 Å². The summed E-state index contributed by atoms with van der Waals surface area (Å²) in [7, 11) is 0. The molecule has 2 bridgehead atoms. The van der Waals surface area contributed by atoms with Gasteiger partial charge in [0, 0.05) is 6.42 Å². The second kappa shape index (κ2) is 5.45. The summed E-state index contributed by atoms with van der Waals surface area (Å²) in [6.45, 7) is 5.20. The molecule has 2 saturated heterocycles. The summed E-state index contributed by atoms with van der Waals surface area (Å²) in [4.78, 5) is 4.59. The van der Waals surface area contributed by atoms with Crippen LogP contribution < -0.4 is 5.73 Å². The number of nitrogens with zero attached hydrogens (tertiary/aromatic N) is 2. The summed E-state index contributed by atoms with van der Waals surface area (Å²) in [5.41, 5.74) is 5.87. The summed E-state index contributed by atoms with van der Waals surface area (Å²) >= 11 is 0. The van der Waals surface area contributed by atoms with Gasteiger partial charge < -0.3 is 15.0 Å². The molecule has 0 aromatic carbocycles. The van der Waals surface area contributed by atoms with E-state index in [4.69, 9.17) is 15.0 Å². The van der Waals surface area contributed by atoms with E-state index in [-0.39, 0.29) is 5.41 Å². The zero-order valence-electron chi connectivity index (χ0n) is 12.5. The average molecular weight is 279 g/mol. The number of hydrogen-bond acceptors (Lipinski definition) is 5. The van der Waals surface area contributed by atoms with E-state index in [0.717, 1.165) is 50.4 Å². The van der Waals surface area contributed by atoms with Crippen molar-refractivity contribution in [2.24, 2.45) is 11.1 Å². The maximum Gasteiger partial charge on any atom is 0.226 e. The Balaban J connectivity index is 1.57. The van der Waals surface area contributed by atoms with E-state index in [1.165, 1.54) is 6.42 Å². The van der Waals surface area contributed by atoms with Crippen molar-refractivity contribution < 1.29 is 9.26 Å². The van der Waals surface area contributed by atoms with Gasteiger partial charge in [0.1, 0.15) is 0 Å². The summed E-state index contributed by atoms with van der Waals surface area (Å²) < 4.78 is 11.3. The third-order valence-corrected chi connectivity index (χ3v) is 4.76. The molecule has 0 radical (unpaired) electrons. The zero-order chi connectivity index (χ0) is 14.2. The molecular weight excluding hydrogens is 254 g/mol. The Morgan fingerprint density at radius 1 is 1.30 bits per heavy atom. The van der Waals surface area contributed by atoms with E-state index >= 15 is 0 Å². The minimum absolute atomic E-state index is 0.235. The van der Waals surface area contributed by atoms with Crippen LogP contribution in [0.3, 0.4) is 0 Å². The van der Waals surface area contributed by atoms with Crippen LogP contribution in [0.15, 0.2) is 4.52 Å². The number of fused-ring (bicyclic) bond motifs is 2. The van der Waals surface area contributed by atoms with Gasteiger partial charge in [-0.25, -0.2) is 0 Å². The van der Waals surface area contributed by atoms with Crippen LogP contribution in [0.1, 0.15) is 63.6 Å². The highest BCUT2D eigenvalue weighted by atomic mass is 16.5. The number of ether oxygens (including phenoxy) is 1. The highest BCUT2D eigenvalue weighted by Gasteiger charge is 2.43. The van der Waals surface area contributed by atoms with Gasteiger partial charge in [0.05, 0.1) is 18.1 Å². The molecule has 2 fully saturated rings. The van der Waals surface area contributed by atoms with E-state index in [2.05, 4.69) is 24.0 Å². The Bertz CT molecular complexity index is 458. The maximum absolute atomic E-state index is 5.86. The maximum atomic E-state index is 5.86. The summed E-state index contributed by atoms with van der Waals surface area (Å²) in [6, 6.07) is 0. The molecule has 1 aromatic rings. The molecule has 3 heterocycles. The van der Waals surface area contributed by atoms with Crippen LogP contribution in [0.25, 0.3) is 0 Å². The molecule has 3 rings (SSSR count). The van der Waals surface area contributed by atoms with Crippen LogP contribution in [0.5, 0.6) is 0 Å². The average Bonchev–Trinajstić information content (AvgIpc) is 3.12. The van der Waals surface area contributed by atoms with Crippen LogP contribution in [-0.4, -0.2) is 28.9 Å². The normalized spacial score (nSPS) is 29.2. The molecule has 112 valence electrons. The number of hydrogen-bond donors (Lipinski definition) is 1. The van der Waals surface area contributed by atoms with Crippen LogP contribution in [0, 0.1) is 5.41 Å². The monoisotopic (exact) mass is 279 g/mol. The van der Waals surface area contributed by atoms with Gasteiger partial charge in [0.2, 0.25) is 5.89 Å². The zero-order valence-corrected chi connectivity index (χ0v) is 12.5. The highest BCUT2D eigenvalue weighted by molar-refractivity contribution is 5.06. The minimum atomic E-state index is 0.235. The lowest BCUT2D eigenvalue weighted by Gasteiger charge is -2.22. The van der Waals surface area contributed by atoms with Gasteiger partial charge in [0.15, 0.2) is 5.82 Å². The fourth-order valence-electron chi connectivity index (χ4n) is 3.39. The second-order valence-electron chi connectivity index (χ2n) is 6.97. The highest BCUT2D eigenvalue weighted by Crippen LogP contribution is 2.43. The molecule has 0 saturated carbocycles. The topological polar surface area (TPSA) is 74.2 Å². The van der Waals surface area contributed by atoms with E-state index in [9.17, 15) is 0 Å². The van der Waals surface area contributed by atoms with Gasteiger partial charge in [-0.3, -0.25) is 0 Å². The number of nitrogens with two attached hydrogens (primary N) is 1. The van der Waals surface area contributed by atoms with Crippen molar-refractivity contribution in [1.29, 1.82) is 0 Å². The van der Waals surface area contributed by atoms with Gasteiger partial charge in [-0.05, 0) is 44.1 Å². The van der Waals surface area contributed by atoms with Gasteiger partial charge in [-0.1, -0.05) is 19.0 Å². The molecule has 0 spiro atoms. The van der Waals surface area contributed by atoms with Gasteiger partial charge in [0.25, 0.3) is 0 Å². The first-order chi connectivity index (χ1) is 9.57. The third kappa shape index (κ3) is 2.88. The summed E-state index contributed by atoms with van der Waals surface area (Å²) in [6.07, 6.45) is 7.02. The minimum Gasteiger partial charge on any atom is -0.374 e. The fraction of sp³-hybridized carbons (Fsp3) is 0.867. The predicted molar refractivity (Wildman–Crippen MR) is 75.3 cm³/mol. The Kier molecular flexibility index (Phi) is 3.82. The van der Waals surface area contributed by atoms with Crippen molar-refractivity contribution in [3.05, 3.63) is 11.7 Å². The lowest BCUT2D eigenvalue weighted by Crippen LogP contribution is -2.18. The summed E-state index contributed by atoms with van der Waals surface area (Å²) in [5.74, 6) is 1.96. The van der Waals surface area contributed by atoms with Crippen molar-refractivity contribution >= 4 is 0 Å². The molecule has 2 aliphatic heterocycles. The Hall–Kier alpha value is -0.940. The fourth-order valence-corrected chi connectivity index (χ4v) is 3.39. The number of aromatic nitrogens is 2. The first-order valence-corrected chi connectivity index (χ1v) is 7.75. The smallest absolute Gasteiger partial charge is 0.226 e. The van der Waals surface area contributed by atoms with Crippen molar-refractivity contribution in [3.63, 3.8) is 0 Å². The van der Waals surface area contributed by atoms with E-state index in [0.29, 0.717) is 18.1 Å². The molecule has 2 N–H and O–H groups in total. The first kappa shape index (κ1) is 14.0. The molecule has 3 atom stereocenters.